The lowest BCUT2D eigenvalue weighted by Gasteiger charge is -2.19. The van der Waals surface area contributed by atoms with Crippen LogP contribution < -0.4 is 10.6 Å². The van der Waals surface area contributed by atoms with Crippen molar-refractivity contribution in [3.63, 3.8) is 0 Å². The molecule has 2 rings (SSSR count). The van der Waals surface area contributed by atoms with Gasteiger partial charge in [0.1, 0.15) is 12.4 Å². The number of aryl methyl sites for hydroxylation is 1. The number of amides is 1. The first kappa shape index (κ1) is 22.7. The van der Waals surface area contributed by atoms with E-state index in [0.717, 1.165) is 56.5 Å². The Morgan fingerprint density at radius 1 is 1.35 bits per heavy atom. The van der Waals surface area contributed by atoms with Crippen LogP contribution >= 0.6 is 24.0 Å². The van der Waals surface area contributed by atoms with E-state index in [2.05, 4.69) is 32.7 Å². The predicted molar refractivity (Wildman–Crippen MR) is 114 cm³/mol. The minimum absolute atomic E-state index is 0. The maximum Gasteiger partial charge on any atom is 0.222 e. The second kappa shape index (κ2) is 11.3. The second-order valence-electron chi connectivity index (χ2n) is 6.49. The highest BCUT2D eigenvalue weighted by atomic mass is 127. The molecule has 8 nitrogen and oxygen atoms in total. The van der Waals surface area contributed by atoms with Crippen LogP contribution in [0.15, 0.2) is 4.99 Å². The molecule has 148 valence electrons. The molecule has 2 heterocycles. The third kappa shape index (κ3) is 6.40. The van der Waals surface area contributed by atoms with Crippen LogP contribution in [0, 0.1) is 6.92 Å². The van der Waals surface area contributed by atoms with E-state index in [-0.39, 0.29) is 35.9 Å². The van der Waals surface area contributed by atoms with Crippen LogP contribution in [0.25, 0.3) is 0 Å². The van der Waals surface area contributed by atoms with Crippen LogP contribution in [0.2, 0.25) is 0 Å². The highest BCUT2D eigenvalue weighted by molar-refractivity contribution is 14.0. The Kier molecular flexibility index (Phi) is 9.89. The van der Waals surface area contributed by atoms with Crippen molar-refractivity contribution >= 4 is 35.8 Å². The van der Waals surface area contributed by atoms with Crippen LogP contribution in [-0.4, -0.2) is 57.2 Å². The molecule has 1 atom stereocenters. The lowest BCUT2D eigenvalue weighted by Crippen LogP contribution is -2.45. The number of rotatable bonds is 7. The number of hydrogen-bond donors (Lipinski definition) is 2. The maximum absolute atomic E-state index is 11.8. The van der Waals surface area contributed by atoms with E-state index in [0.29, 0.717) is 13.0 Å². The molecule has 1 fully saturated rings. The third-order valence-corrected chi connectivity index (χ3v) is 4.57. The van der Waals surface area contributed by atoms with Gasteiger partial charge >= 0.3 is 0 Å². The van der Waals surface area contributed by atoms with Gasteiger partial charge < -0.3 is 20.1 Å². The number of nitrogens with one attached hydrogen (secondary N) is 2. The number of nitrogens with zero attached hydrogens (tertiary/aromatic N) is 5. The molecule has 0 spiro atoms. The summed E-state index contributed by atoms with van der Waals surface area (Å²) < 4.78 is 1.95. The van der Waals surface area contributed by atoms with Crippen molar-refractivity contribution in [2.75, 3.05) is 19.6 Å². The average Bonchev–Trinajstić information content (AvgIpc) is 3.20. The maximum atomic E-state index is 11.8. The minimum Gasteiger partial charge on any atom is -0.356 e. The molecule has 2 N–H and O–H groups in total. The van der Waals surface area contributed by atoms with Crippen molar-refractivity contribution in [1.82, 2.24) is 30.3 Å². The zero-order valence-electron chi connectivity index (χ0n) is 16.3. The standard InChI is InChI=1S/C17H31N7O.HI/c1-5-7-9-18-17(19-11-15-22-21-13(3)23(15)4)20-14-8-10-24(12-14)16(25)6-2;/h14H,5-12H2,1-4H3,(H2,18,19,20);1H. The minimum atomic E-state index is 0. The van der Waals surface area contributed by atoms with Gasteiger partial charge in [-0.25, -0.2) is 4.99 Å². The van der Waals surface area contributed by atoms with Gasteiger partial charge in [0, 0.05) is 39.1 Å². The van der Waals surface area contributed by atoms with E-state index in [9.17, 15) is 4.79 Å². The molecule has 0 aliphatic carbocycles. The summed E-state index contributed by atoms with van der Waals surface area (Å²) in [5.41, 5.74) is 0. The van der Waals surface area contributed by atoms with E-state index in [1.54, 1.807) is 0 Å². The molecule has 0 saturated carbocycles. The number of likely N-dealkylation sites (tertiary alicyclic amines) is 1. The molecule has 0 radical (unpaired) electrons. The largest absolute Gasteiger partial charge is 0.356 e. The topological polar surface area (TPSA) is 87.4 Å². The van der Waals surface area contributed by atoms with Crippen LogP contribution in [0.5, 0.6) is 0 Å². The van der Waals surface area contributed by atoms with Crippen molar-refractivity contribution in [3.8, 4) is 0 Å². The Hall–Kier alpha value is -1.39. The summed E-state index contributed by atoms with van der Waals surface area (Å²) in [5.74, 6) is 2.72. The Morgan fingerprint density at radius 3 is 2.73 bits per heavy atom. The summed E-state index contributed by atoms with van der Waals surface area (Å²) in [4.78, 5) is 18.4. The molecule has 1 aromatic rings. The van der Waals surface area contributed by atoms with Crippen LogP contribution in [0.1, 0.15) is 51.2 Å². The van der Waals surface area contributed by atoms with Crippen molar-refractivity contribution in [2.45, 2.75) is 59.0 Å². The highest BCUT2D eigenvalue weighted by Gasteiger charge is 2.25. The summed E-state index contributed by atoms with van der Waals surface area (Å²) in [5, 5.41) is 15.1. The first-order valence-electron chi connectivity index (χ1n) is 9.22. The summed E-state index contributed by atoms with van der Waals surface area (Å²) >= 11 is 0. The van der Waals surface area contributed by atoms with E-state index < -0.39 is 0 Å². The molecule has 1 aliphatic rings. The first-order valence-corrected chi connectivity index (χ1v) is 9.22. The summed E-state index contributed by atoms with van der Waals surface area (Å²) in [7, 11) is 1.95. The van der Waals surface area contributed by atoms with E-state index in [4.69, 9.17) is 0 Å². The third-order valence-electron chi connectivity index (χ3n) is 4.57. The molecule has 1 aliphatic heterocycles. The quantitative estimate of drug-likeness (QED) is 0.270. The van der Waals surface area contributed by atoms with E-state index in [1.165, 1.54) is 0 Å². The van der Waals surface area contributed by atoms with E-state index in [1.807, 2.05) is 30.4 Å². The SMILES string of the molecule is CCCCNC(=NCc1nnc(C)n1C)NC1CCN(C(=O)CC)C1.I. The van der Waals surface area contributed by atoms with Gasteiger partial charge in [-0.05, 0) is 19.8 Å². The van der Waals surface area contributed by atoms with Gasteiger partial charge in [0.15, 0.2) is 11.8 Å². The Balaban J connectivity index is 0.00000338. The van der Waals surface area contributed by atoms with Gasteiger partial charge in [0.2, 0.25) is 5.91 Å². The number of hydrogen-bond acceptors (Lipinski definition) is 4. The molecular weight excluding hydrogens is 445 g/mol. The fourth-order valence-corrected chi connectivity index (χ4v) is 2.80. The Labute approximate surface area is 173 Å². The molecule has 1 saturated heterocycles. The Morgan fingerprint density at radius 2 is 2.12 bits per heavy atom. The Bertz CT molecular complexity index is 602. The number of guanidine groups is 1. The number of aromatic nitrogens is 3. The normalized spacial score (nSPS) is 17.2. The molecule has 1 amide bonds. The van der Waals surface area contributed by atoms with Gasteiger partial charge in [-0.2, -0.15) is 0 Å². The van der Waals surface area contributed by atoms with Gasteiger partial charge in [0.05, 0.1) is 0 Å². The number of carbonyl (C=O) groups excluding carboxylic acids is 1. The highest BCUT2D eigenvalue weighted by Crippen LogP contribution is 2.10. The molecular formula is C17H32IN7O. The zero-order chi connectivity index (χ0) is 18.2. The van der Waals surface area contributed by atoms with E-state index >= 15 is 0 Å². The summed E-state index contributed by atoms with van der Waals surface area (Å²) in [6, 6.07) is 0.240. The number of aliphatic imine (C=N–C) groups is 1. The van der Waals surface area contributed by atoms with Crippen LogP contribution in [-0.2, 0) is 18.4 Å². The summed E-state index contributed by atoms with van der Waals surface area (Å²) in [6.07, 6.45) is 3.73. The average molecular weight is 477 g/mol. The molecule has 26 heavy (non-hydrogen) atoms. The second-order valence-corrected chi connectivity index (χ2v) is 6.49. The van der Waals surface area contributed by atoms with Gasteiger partial charge in [-0.1, -0.05) is 20.3 Å². The van der Waals surface area contributed by atoms with Crippen LogP contribution in [0.4, 0.5) is 0 Å². The van der Waals surface area contributed by atoms with Gasteiger partial charge in [-0.15, -0.1) is 34.2 Å². The predicted octanol–water partition coefficient (Wildman–Crippen LogP) is 1.59. The number of halogens is 1. The van der Waals surface area contributed by atoms with Crippen molar-refractivity contribution < 1.29 is 4.79 Å². The fraction of sp³-hybridized carbons (Fsp3) is 0.765. The molecule has 9 heteroatoms. The van der Waals surface area contributed by atoms with Gasteiger partial charge in [0.25, 0.3) is 0 Å². The number of unbranched alkanes of at least 4 members (excludes halogenated alkanes) is 1. The zero-order valence-corrected chi connectivity index (χ0v) is 18.6. The first-order chi connectivity index (χ1) is 12.0. The summed E-state index contributed by atoms with van der Waals surface area (Å²) in [6.45, 7) is 8.91. The monoisotopic (exact) mass is 477 g/mol. The van der Waals surface area contributed by atoms with Crippen LogP contribution in [0.3, 0.4) is 0 Å². The van der Waals surface area contributed by atoms with Crippen molar-refractivity contribution in [1.29, 1.82) is 0 Å². The fourth-order valence-electron chi connectivity index (χ4n) is 2.80. The van der Waals surface area contributed by atoms with Gasteiger partial charge in [-0.3, -0.25) is 4.79 Å². The number of carbonyl (C=O) groups is 1. The lowest BCUT2D eigenvalue weighted by molar-refractivity contribution is -0.129. The lowest BCUT2D eigenvalue weighted by atomic mass is 10.3. The molecule has 1 aromatic heterocycles. The molecule has 1 unspecified atom stereocenters. The molecule has 0 aromatic carbocycles. The van der Waals surface area contributed by atoms with Crippen molar-refractivity contribution in [2.24, 2.45) is 12.0 Å². The smallest absolute Gasteiger partial charge is 0.222 e. The van der Waals surface area contributed by atoms with Crippen molar-refractivity contribution in [3.05, 3.63) is 11.6 Å². The molecule has 0 bridgehead atoms.